The minimum atomic E-state index is -0.660. The van der Waals surface area contributed by atoms with Gasteiger partial charge in [-0.2, -0.15) is 0 Å². The number of carbonyl (C=O) groups excluding carboxylic acids is 1. The lowest BCUT2D eigenvalue weighted by atomic mass is 9.78. The molecule has 7 heteroatoms. The molecule has 2 fully saturated rings. The van der Waals surface area contributed by atoms with Gasteiger partial charge in [-0.1, -0.05) is 18.2 Å². The van der Waals surface area contributed by atoms with Gasteiger partial charge in [-0.25, -0.2) is 4.39 Å². The second-order valence-electron chi connectivity index (χ2n) is 9.44. The lowest BCUT2D eigenvalue weighted by Gasteiger charge is -2.32. The van der Waals surface area contributed by atoms with Gasteiger partial charge in [0.1, 0.15) is 5.82 Å². The monoisotopic (exact) mass is 425 g/mol. The number of ether oxygens (including phenoxy) is 1. The molecule has 0 spiro atoms. The van der Waals surface area contributed by atoms with Gasteiger partial charge in [0.15, 0.2) is 0 Å². The van der Waals surface area contributed by atoms with Crippen LogP contribution in [0.2, 0.25) is 0 Å². The molecule has 1 saturated heterocycles. The minimum absolute atomic E-state index is 0.0518. The average Bonchev–Trinajstić information content (AvgIpc) is 3.49. The van der Waals surface area contributed by atoms with E-state index in [0.717, 1.165) is 18.1 Å². The molecule has 1 aliphatic carbocycles. The van der Waals surface area contributed by atoms with Crippen molar-refractivity contribution in [3.8, 4) is 0 Å². The lowest BCUT2D eigenvalue weighted by molar-refractivity contribution is 0.00578. The Morgan fingerprint density at radius 1 is 1.10 bits per heavy atom. The summed E-state index contributed by atoms with van der Waals surface area (Å²) in [6, 6.07) is 11.7. The van der Waals surface area contributed by atoms with Crippen molar-refractivity contribution in [2.24, 2.45) is 5.92 Å². The maximum atomic E-state index is 14.4. The summed E-state index contributed by atoms with van der Waals surface area (Å²) in [5.74, 6) is -0.391. The molecule has 0 atom stereocenters. The maximum Gasteiger partial charge on any atom is 0.494 e. The fraction of sp³-hybridized carbons (Fsp3) is 0.458. The summed E-state index contributed by atoms with van der Waals surface area (Å²) < 4.78 is 32.1. The van der Waals surface area contributed by atoms with Gasteiger partial charge in [0.25, 0.3) is 5.91 Å². The van der Waals surface area contributed by atoms with E-state index < -0.39 is 30.0 Å². The van der Waals surface area contributed by atoms with E-state index in [2.05, 4.69) is 5.32 Å². The molecule has 0 unspecified atom stereocenters. The van der Waals surface area contributed by atoms with Gasteiger partial charge in [-0.05, 0) is 81.7 Å². The van der Waals surface area contributed by atoms with Gasteiger partial charge in [-0.3, -0.25) is 4.79 Å². The third-order valence-electron chi connectivity index (χ3n) is 6.29. The van der Waals surface area contributed by atoms with Crippen LogP contribution in [0.4, 0.5) is 10.1 Å². The van der Waals surface area contributed by atoms with E-state index in [4.69, 9.17) is 14.0 Å². The second-order valence-corrected chi connectivity index (χ2v) is 9.44. The van der Waals surface area contributed by atoms with Crippen LogP contribution < -0.4 is 10.8 Å². The third-order valence-corrected chi connectivity index (χ3v) is 6.29. The number of rotatable bonds is 7. The average molecular weight is 425 g/mol. The largest absolute Gasteiger partial charge is 0.494 e. The Labute approximate surface area is 183 Å². The summed E-state index contributed by atoms with van der Waals surface area (Å²) in [5, 5.41) is 2.76. The Balaban J connectivity index is 1.42. The molecule has 2 aromatic rings. The Hall–Kier alpha value is -2.22. The molecule has 1 aliphatic heterocycles. The van der Waals surface area contributed by atoms with Gasteiger partial charge >= 0.3 is 7.12 Å². The maximum absolute atomic E-state index is 14.4. The van der Waals surface area contributed by atoms with E-state index in [0.29, 0.717) is 17.8 Å². The molecule has 164 valence electrons. The van der Waals surface area contributed by atoms with Crippen molar-refractivity contribution >= 4 is 24.2 Å². The molecular formula is C24H29BFNO4. The van der Waals surface area contributed by atoms with Crippen LogP contribution in [-0.4, -0.2) is 30.8 Å². The zero-order valence-electron chi connectivity index (χ0n) is 18.5. The van der Waals surface area contributed by atoms with E-state index in [1.165, 1.54) is 25.0 Å². The summed E-state index contributed by atoms with van der Waals surface area (Å²) in [6.45, 7) is 9.15. The Morgan fingerprint density at radius 3 is 2.35 bits per heavy atom. The summed E-state index contributed by atoms with van der Waals surface area (Å²) in [4.78, 5) is 12.7. The number of benzene rings is 2. The van der Waals surface area contributed by atoms with Crippen molar-refractivity contribution in [2.45, 2.75) is 58.3 Å². The van der Waals surface area contributed by atoms with Crippen LogP contribution in [0.5, 0.6) is 0 Å². The molecule has 1 N–H and O–H groups in total. The molecule has 31 heavy (non-hydrogen) atoms. The fourth-order valence-electron chi connectivity index (χ4n) is 3.35. The number of hydrogen-bond donors (Lipinski definition) is 1. The number of anilines is 1. The van der Waals surface area contributed by atoms with Gasteiger partial charge in [-0.15, -0.1) is 0 Å². The summed E-state index contributed by atoms with van der Waals surface area (Å²) in [7, 11) is -0.660. The molecule has 1 heterocycles. The first kappa shape index (κ1) is 22.0. The normalized spacial score (nSPS) is 19.5. The van der Waals surface area contributed by atoms with Crippen molar-refractivity contribution in [1.29, 1.82) is 0 Å². The predicted octanol–water partition coefficient (Wildman–Crippen LogP) is 4.30. The number of nitrogens with one attached hydrogen (secondary N) is 1. The molecule has 0 aromatic heterocycles. The minimum Gasteiger partial charge on any atom is -0.399 e. The van der Waals surface area contributed by atoms with Crippen LogP contribution in [0.25, 0.3) is 0 Å². The molecule has 4 rings (SSSR count). The Bertz CT molecular complexity index is 941. The summed E-state index contributed by atoms with van der Waals surface area (Å²) >= 11 is 0. The quantitative estimate of drug-likeness (QED) is 0.672. The van der Waals surface area contributed by atoms with Crippen molar-refractivity contribution in [3.63, 3.8) is 0 Å². The van der Waals surface area contributed by atoms with Crippen molar-refractivity contribution in [3.05, 3.63) is 59.4 Å². The first-order chi connectivity index (χ1) is 14.6. The van der Waals surface area contributed by atoms with E-state index >= 15 is 0 Å². The van der Waals surface area contributed by atoms with Crippen molar-refractivity contribution in [1.82, 2.24) is 0 Å². The molecule has 2 aromatic carbocycles. The van der Waals surface area contributed by atoms with Crippen LogP contribution in [0, 0.1) is 11.7 Å². The first-order valence-corrected chi connectivity index (χ1v) is 10.8. The van der Waals surface area contributed by atoms with Crippen LogP contribution in [0.3, 0.4) is 0 Å². The first-order valence-electron chi connectivity index (χ1n) is 10.8. The molecule has 1 saturated carbocycles. The second kappa shape index (κ2) is 8.38. The standard InChI is InChI=1S/C24H29BFNO4/c1-23(2)24(3,4)31-25(30-23)18-9-12-21(26)20(13-18)22(28)27-19-10-7-17(8-11-19)15-29-14-16-5-6-16/h7-13,16H,5-6,14-15H2,1-4H3,(H,27,28). The van der Waals surface area contributed by atoms with Crippen LogP contribution in [0.15, 0.2) is 42.5 Å². The molecule has 0 bridgehead atoms. The molecule has 1 amide bonds. The smallest absolute Gasteiger partial charge is 0.399 e. The number of amides is 1. The fourth-order valence-corrected chi connectivity index (χ4v) is 3.35. The van der Waals surface area contributed by atoms with Gasteiger partial charge in [0.2, 0.25) is 0 Å². The molecule has 2 aliphatic rings. The highest BCUT2D eigenvalue weighted by molar-refractivity contribution is 6.62. The summed E-state index contributed by atoms with van der Waals surface area (Å²) in [5.41, 5.74) is 1.15. The third kappa shape index (κ3) is 5.00. The highest BCUT2D eigenvalue weighted by Crippen LogP contribution is 2.36. The summed E-state index contributed by atoms with van der Waals surface area (Å²) in [6.07, 6.45) is 2.52. The predicted molar refractivity (Wildman–Crippen MR) is 119 cm³/mol. The molecule has 5 nitrogen and oxygen atoms in total. The van der Waals surface area contributed by atoms with Crippen LogP contribution >= 0.6 is 0 Å². The zero-order chi connectivity index (χ0) is 22.2. The zero-order valence-corrected chi connectivity index (χ0v) is 18.5. The van der Waals surface area contributed by atoms with Crippen LogP contribution in [0.1, 0.15) is 56.5 Å². The number of carbonyl (C=O) groups is 1. The lowest BCUT2D eigenvalue weighted by Crippen LogP contribution is -2.41. The van der Waals surface area contributed by atoms with E-state index in [1.807, 2.05) is 39.8 Å². The van der Waals surface area contributed by atoms with E-state index in [9.17, 15) is 9.18 Å². The molecule has 0 radical (unpaired) electrons. The highest BCUT2D eigenvalue weighted by Gasteiger charge is 2.51. The Morgan fingerprint density at radius 2 is 1.74 bits per heavy atom. The van der Waals surface area contributed by atoms with E-state index in [1.54, 1.807) is 18.2 Å². The van der Waals surface area contributed by atoms with Gasteiger partial charge < -0.3 is 19.4 Å². The van der Waals surface area contributed by atoms with Crippen molar-refractivity contribution < 1.29 is 23.2 Å². The van der Waals surface area contributed by atoms with Gasteiger partial charge in [0, 0.05) is 12.3 Å². The topological polar surface area (TPSA) is 56.8 Å². The Kier molecular flexibility index (Phi) is 5.94. The number of halogens is 1. The SMILES string of the molecule is CC1(C)OB(c2ccc(F)c(C(=O)Nc3ccc(COCC4CC4)cc3)c2)OC1(C)C. The highest BCUT2D eigenvalue weighted by atomic mass is 19.1. The van der Waals surface area contributed by atoms with Crippen LogP contribution in [-0.2, 0) is 20.7 Å². The van der Waals surface area contributed by atoms with E-state index in [-0.39, 0.29) is 5.56 Å². The van der Waals surface area contributed by atoms with Gasteiger partial charge in [0.05, 0.1) is 23.4 Å². The molecular weight excluding hydrogens is 396 g/mol. The van der Waals surface area contributed by atoms with Crippen molar-refractivity contribution in [2.75, 3.05) is 11.9 Å². The number of hydrogen-bond acceptors (Lipinski definition) is 4.